The van der Waals surface area contributed by atoms with Gasteiger partial charge in [0.15, 0.2) is 0 Å². The molecule has 0 aromatic carbocycles. The summed E-state index contributed by atoms with van der Waals surface area (Å²) >= 11 is 0. The highest BCUT2D eigenvalue weighted by Crippen LogP contribution is 2.19. The molecule has 0 aromatic rings. The molecule has 0 radical (unpaired) electrons. The van der Waals surface area contributed by atoms with Crippen LogP contribution in [0.3, 0.4) is 0 Å². The second-order valence-electron chi connectivity index (χ2n) is 4.33. The molecule has 2 aliphatic heterocycles. The SMILES string of the molecule is O=C(O)C1NCCC1CN1CCCC1. The fraction of sp³-hybridized carbons (Fsp3) is 0.900. The number of carboxylic acid groups (broad SMARTS) is 1. The number of carbonyl (C=O) groups is 1. The molecule has 80 valence electrons. The summed E-state index contributed by atoms with van der Waals surface area (Å²) in [5.41, 5.74) is 0. The van der Waals surface area contributed by atoms with E-state index in [2.05, 4.69) is 10.2 Å². The second kappa shape index (κ2) is 4.28. The van der Waals surface area contributed by atoms with E-state index >= 15 is 0 Å². The van der Waals surface area contributed by atoms with Gasteiger partial charge in [0.25, 0.3) is 0 Å². The van der Waals surface area contributed by atoms with Gasteiger partial charge in [-0.05, 0) is 44.8 Å². The zero-order chi connectivity index (χ0) is 9.97. The average Bonchev–Trinajstić information content (AvgIpc) is 2.75. The van der Waals surface area contributed by atoms with E-state index in [1.165, 1.54) is 12.8 Å². The van der Waals surface area contributed by atoms with Crippen LogP contribution in [0.2, 0.25) is 0 Å². The van der Waals surface area contributed by atoms with Crippen LogP contribution in [0.25, 0.3) is 0 Å². The fourth-order valence-corrected chi connectivity index (χ4v) is 2.54. The quantitative estimate of drug-likeness (QED) is 0.677. The van der Waals surface area contributed by atoms with Gasteiger partial charge in [-0.25, -0.2) is 0 Å². The van der Waals surface area contributed by atoms with Gasteiger partial charge in [-0.1, -0.05) is 0 Å². The Labute approximate surface area is 84.3 Å². The van der Waals surface area contributed by atoms with Crippen LogP contribution in [0.4, 0.5) is 0 Å². The van der Waals surface area contributed by atoms with Crippen LogP contribution in [-0.2, 0) is 4.79 Å². The van der Waals surface area contributed by atoms with Crippen LogP contribution < -0.4 is 5.32 Å². The summed E-state index contributed by atoms with van der Waals surface area (Å²) in [4.78, 5) is 13.3. The maximum absolute atomic E-state index is 10.9. The van der Waals surface area contributed by atoms with Crippen molar-refractivity contribution < 1.29 is 9.90 Å². The third kappa shape index (κ3) is 2.07. The number of likely N-dealkylation sites (tertiary alicyclic amines) is 1. The van der Waals surface area contributed by atoms with Gasteiger partial charge in [0.05, 0.1) is 0 Å². The molecule has 0 amide bonds. The summed E-state index contributed by atoms with van der Waals surface area (Å²) < 4.78 is 0. The van der Waals surface area contributed by atoms with Crippen molar-refractivity contribution in [3.63, 3.8) is 0 Å². The first-order chi connectivity index (χ1) is 6.77. The van der Waals surface area contributed by atoms with E-state index in [0.29, 0.717) is 5.92 Å². The molecule has 4 heteroatoms. The zero-order valence-corrected chi connectivity index (χ0v) is 8.41. The molecule has 2 rings (SSSR count). The lowest BCUT2D eigenvalue weighted by molar-refractivity contribution is -0.140. The van der Waals surface area contributed by atoms with Crippen molar-refractivity contribution >= 4 is 5.97 Å². The molecule has 2 atom stereocenters. The fourth-order valence-electron chi connectivity index (χ4n) is 2.54. The predicted octanol–water partition coefficient (Wildman–Crippen LogP) is 0.145. The van der Waals surface area contributed by atoms with E-state index in [1.54, 1.807) is 0 Å². The summed E-state index contributed by atoms with van der Waals surface area (Å²) in [5.74, 6) is -0.378. The number of hydrogen-bond acceptors (Lipinski definition) is 3. The first-order valence-corrected chi connectivity index (χ1v) is 5.46. The molecular weight excluding hydrogens is 180 g/mol. The van der Waals surface area contributed by atoms with Gasteiger partial charge < -0.3 is 15.3 Å². The molecule has 2 fully saturated rings. The molecule has 2 heterocycles. The van der Waals surface area contributed by atoms with Gasteiger partial charge in [0, 0.05) is 6.54 Å². The minimum Gasteiger partial charge on any atom is -0.480 e. The second-order valence-corrected chi connectivity index (χ2v) is 4.33. The topological polar surface area (TPSA) is 52.6 Å². The van der Waals surface area contributed by atoms with E-state index in [-0.39, 0.29) is 6.04 Å². The normalized spacial score (nSPS) is 33.7. The van der Waals surface area contributed by atoms with Crippen molar-refractivity contribution in [1.29, 1.82) is 0 Å². The Morgan fingerprint density at radius 1 is 1.43 bits per heavy atom. The lowest BCUT2D eigenvalue weighted by atomic mass is 10.0. The first kappa shape index (κ1) is 9.93. The third-order valence-electron chi connectivity index (χ3n) is 3.31. The van der Waals surface area contributed by atoms with Crippen LogP contribution in [0.5, 0.6) is 0 Å². The van der Waals surface area contributed by atoms with Gasteiger partial charge in [0.2, 0.25) is 0 Å². The standard InChI is InChI=1S/C10H18N2O2/c13-10(14)9-8(3-4-11-9)7-12-5-1-2-6-12/h8-9,11H,1-7H2,(H,13,14). The molecule has 2 N–H and O–H groups in total. The van der Waals surface area contributed by atoms with Gasteiger partial charge in [-0.3, -0.25) is 4.79 Å². The molecule has 14 heavy (non-hydrogen) atoms. The monoisotopic (exact) mass is 198 g/mol. The maximum Gasteiger partial charge on any atom is 0.321 e. The number of carboxylic acids is 1. The van der Waals surface area contributed by atoms with Gasteiger partial charge in [-0.15, -0.1) is 0 Å². The van der Waals surface area contributed by atoms with Gasteiger partial charge in [0.1, 0.15) is 6.04 Å². The van der Waals surface area contributed by atoms with E-state index in [9.17, 15) is 4.79 Å². The van der Waals surface area contributed by atoms with E-state index in [4.69, 9.17) is 5.11 Å². The highest BCUT2D eigenvalue weighted by molar-refractivity contribution is 5.74. The molecule has 2 saturated heterocycles. The van der Waals surface area contributed by atoms with Crippen molar-refractivity contribution in [1.82, 2.24) is 10.2 Å². The number of hydrogen-bond donors (Lipinski definition) is 2. The van der Waals surface area contributed by atoms with Crippen molar-refractivity contribution in [3.8, 4) is 0 Å². The Hall–Kier alpha value is -0.610. The average molecular weight is 198 g/mol. The number of rotatable bonds is 3. The molecule has 0 aromatic heterocycles. The Morgan fingerprint density at radius 3 is 2.79 bits per heavy atom. The van der Waals surface area contributed by atoms with Crippen LogP contribution in [0.15, 0.2) is 0 Å². The van der Waals surface area contributed by atoms with Gasteiger partial charge >= 0.3 is 5.97 Å². The highest BCUT2D eigenvalue weighted by atomic mass is 16.4. The number of nitrogens with one attached hydrogen (secondary N) is 1. The zero-order valence-electron chi connectivity index (χ0n) is 8.41. The molecule has 2 unspecified atom stereocenters. The van der Waals surface area contributed by atoms with Crippen molar-refractivity contribution in [2.75, 3.05) is 26.2 Å². The van der Waals surface area contributed by atoms with Crippen molar-refractivity contribution in [2.24, 2.45) is 5.92 Å². The molecule has 4 nitrogen and oxygen atoms in total. The summed E-state index contributed by atoms with van der Waals surface area (Å²) in [5, 5.41) is 12.0. The molecule has 0 spiro atoms. The number of aliphatic carboxylic acids is 1. The Balaban J connectivity index is 1.86. The van der Waals surface area contributed by atoms with E-state index in [1.807, 2.05) is 0 Å². The summed E-state index contributed by atoms with van der Waals surface area (Å²) in [6, 6.07) is -0.310. The molecule has 0 saturated carbocycles. The van der Waals surface area contributed by atoms with Crippen LogP contribution in [-0.4, -0.2) is 48.2 Å². The summed E-state index contributed by atoms with van der Waals surface area (Å²) in [6.07, 6.45) is 3.56. The predicted molar refractivity (Wildman–Crippen MR) is 53.2 cm³/mol. The summed E-state index contributed by atoms with van der Waals surface area (Å²) in [6.45, 7) is 4.13. The van der Waals surface area contributed by atoms with Crippen LogP contribution >= 0.6 is 0 Å². The molecule has 0 aliphatic carbocycles. The van der Waals surface area contributed by atoms with Crippen molar-refractivity contribution in [2.45, 2.75) is 25.3 Å². The smallest absolute Gasteiger partial charge is 0.321 e. The minimum atomic E-state index is -0.688. The van der Waals surface area contributed by atoms with E-state index in [0.717, 1.165) is 32.6 Å². The molecular formula is C10H18N2O2. The largest absolute Gasteiger partial charge is 0.480 e. The molecule has 2 aliphatic rings. The lowest BCUT2D eigenvalue weighted by Gasteiger charge is -2.22. The number of nitrogens with zero attached hydrogens (tertiary/aromatic N) is 1. The van der Waals surface area contributed by atoms with Crippen molar-refractivity contribution in [3.05, 3.63) is 0 Å². The Bertz CT molecular complexity index is 214. The highest BCUT2D eigenvalue weighted by Gasteiger charge is 2.33. The Morgan fingerprint density at radius 2 is 2.14 bits per heavy atom. The van der Waals surface area contributed by atoms with Crippen LogP contribution in [0, 0.1) is 5.92 Å². The van der Waals surface area contributed by atoms with Gasteiger partial charge in [-0.2, -0.15) is 0 Å². The Kier molecular flexibility index (Phi) is 3.03. The minimum absolute atomic E-state index is 0.310. The lowest BCUT2D eigenvalue weighted by Crippen LogP contribution is -2.40. The summed E-state index contributed by atoms with van der Waals surface area (Å²) in [7, 11) is 0. The third-order valence-corrected chi connectivity index (χ3v) is 3.31. The maximum atomic E-state index is 10.9. The van der Waals surface area contributed by atoms with E-state index < -0.39 is 5.97 Å². The van der Waals surface area contributed by atoms with Crippen LogP contribution in [0.1, 0.15) is 19.3 Å². The molecule has 0 bridgehead atoms. The first-order valence-electron chi connectivity index (χ1n) is 5.46.